The molecule has 1 fully saturated rings. The third-order valence-electron chi connectivity index (χ3n) is 3.42. The highest BCUT2D eigenvalue weighted by molar-refractivity contribution is 6.00. The Morgan fingerprint density at radius 1 is 1.53 bits per heavy atom. The second kappa shape index (κ2) is 5.40. The van der Waals surface area contributed by atoms with Crippen LogP contribution >= 0.6 is 0 Å². The lowest BCUT2D eigenvalue weighted by Gasteiger charge is -2.21. The van der Waals surface area contributed by atoms with Crippen molar-refractivity contribution in [1.82, 2.24) is 0 Å². The van der Waals surface area contributed by atoms with Gasteiger partial charge < -0.3 is 14.7 Å². The first kappa shape index (κ1) is 13.5. The highest BCUT2D eigenvalue weighted by Crippen LogP contribution is 2.31. The number of anilines is 1. The number of ether oxygens (including phenoxy) is 1. The van der Waals surface area contributed by atoms with Crippen molar-refractivity contribution in [3.05, 3.63) is 29.3 Å². The van der Waals surface area contributed by atoms with Gasteiger partial charge in [0.25, 0.3) is 0 Å². The Morgan fingerprint density at radius 2 is 2.26 bits per heavy atom. The molecule has 0 aliphatic carbocycles. The maximum Gasteiger partial charge on any atom is 0.311 e. The van der Waals surface area contributed by atoms with Crippen molar-refractivity contribution in [1.29, 1.82) is 0 Å². The smallest absolute Gasteiger partial charge is 0.311 e. The van der Waals surface area contributed by atoms with Gasteiger partial charge in [-0.3, -0.25) is 9.59 Å². The van der Waals surface area contributed by atoms with Gasteiger partial charge in [-0.2, -0.15) is 0 Å². The van der Waals surface area contributed by atoms with Crippen LogP contribution in [0.2, 0.25) is 0 Å². The zero-order chi connectivity index (χ0) is 14.0. The Kier molecular flexibility index (Phi) is 3.85. The molecule has 19 heavy (non-hydrogen) atoms. The number of amides is 1. The number of aliphatic hydroxyl groups excluding tert-OH is 1. The molecule has 0 bridgehead atoms. The van der Waals surface area contributed by atoms with Crippen molar-refractivity contribution in [2.75, 3.05) is 18.6 Å². The van der Waals surface area contributed by atoms with Crippen LogP contribution in [0.3, 0.4) is 0 Å². The zero-order valence-electron chi connectivity index (χ0n) is 11.0. The monoisotopic (exact) mass is 263 g/mol. The minimum Gasteiger partial charge on any atom is -0.469 e. The maximum atomic E-state index is 12.1. The number of benzene rings is 1. The van der Waals surface area contributed by atoms with E-state index in [0.29, 0.717) is 17.8 Å². The van der Waals surface area contributed by atoms with E-state index in [2.05, 4.69) is 4.74 Å². The molecule has 0 spiro atoms. The summed E-state index contributed by atoms with van der Waals surface area (Å²) in [5.41, 5.74) is 2.31. The van der Waals surface area contributed by atoms with Crippen LogP contribution in [0.15, 0.2) is 18.2 Å². The highest BCUT2D eigenvalue weighted by Gasteiger charge is 2.37. The van der Waals surface area contributed by atoms with Crippen LogP contribution in [-0.4, -0.2) is 30.6 Å². The van der Waals surface area contributed by atoms with Crippen LogP contribution in [0, 0.1) is 12.8 Å². The quantitative estimate of drug-likeness (QED) is 0.827. The largest absolute Gasteiger partial charge is 0.469 e. The van der Waals surface area contributed by atoms with E-state index in [-0.39, 0.29) is 24.9 Å². The van der Waals surface area contributed by atoms with Crippen LogP contribution in [0.25, 0.3) is 0 Å². The summed E-state index contributed by atoms with van der Waals surface area (Å²) in [4.78, 5) is 25.2. The summed E-state index contributed by atoms with van der Waals surface area (Å²) in [6.07, 6.45) is 0.159. The van der Waals surface area contributed by atoms with Crippen molar-refractivity contribution >= 4 is 17.6 Å². The Hall–Kier alpha value is -1.88. The Bertz CT molecular complexity index is 512. The van der Waals surface area contributed by atoms with E-state index in [1.807, 2.05) is 19.1 Å². The van der Waals surface area contributed by atoms with Gasteiger partial charge in [-0.05, 0) is 12.5 Å². The molecule has 1 atom stereocenters. The second-order valence-electron chi connectivity index (χ2n) is 4.67. The lowest BCUT2D eigenvalue weighted by molar-refractivity contribution is -0.145. The summed E-state index contributed by atoms with van der Waals surface area (Å²) in [6.45, 7) is 2.06. The van der Waals surface area contributed by atoms with Gasteiger partial charge in [-0.1, -0.05) is 18.2 Å². The van der Waals surface area contributed by atoms with E-state index in [0.717, 1.165) is 5.56 Å². The Balaban J connectivity index is 2.33. The average Bonchev–Trinajstić information content (AvgIpc) is 2.79. The molecule has 5 nitrogen and oxygen atoms in total. The molecule has 1 saturated heterocycles. The van der Waals surface area contributed by atoms with Crippen LogP contribution in [0.4, 0.5) is 5.69 Å². The molecule has 5 heteroatoms. The van der Waals surface area contributed by atoms with Gasteiger partial charge in [0.15, 0.2) is 0 Å². The molecule has 1 aliphatic heterocycles. The van der Waals surface area contributed by atoms with Crippen molar-refractivity contribution in [2.45, 2.75) is 20.0 Å². The number of methoxy groups -OCH3 is 1. The lowest BCUT2D eigenvalue weighted by Crippen LogP contribution is -2.28. The molecule has 0 aromatic heterocycles. The number of carbonyl (C=O) groups is 2. The number of nitrogens with zero attached hydrogens (tertiary/aromatic N) is 1. The number of aliphatic hydroxyl groups is 1. The first-order valence-corrected chi connectivity index (χ1v) is 6.16. The fraction of sp³-hybridized carbons (Fsp3) is 0.429. The summed E-state index contributed by atoms with van der Waals surface area (Å²) in [6, 6.07) is 5.50. The van der Waals surface area contributed by atoms with Gasteiger partial charge in [0, 0.05) is 18.5 Å². The fourth-order valence-electron chi connectivity index (χ4n) is 2.48. The van der Waals surface area contributed by atoms with Crippen LogP contribution in [0.5, 0.6) is 0 Å². The molecule has 0 radical (unpaired) electrons. The van der Waals surface area contributed by atoms with E-state index in [9.17, 15) is 14.7 Å². The van der Waals surface area contributed by atoms with E-state index >= 15 is 0 Å². The van der Waals surface area contributed by atoms with Gasteiger partial charge >= 0.3 is 5.97 Å². The number of hydrogen-bond donors (Lipinski definition) is 1. The molecule has 0 saturated carbocycles. The van der Waals surface area contributed by atoms with Crippen molar-refractivity contribution in [3.8, 4) is 0 Å². The summed E-state index contributed by atoms with van der Waals surface area (Å²) in [5.74, 6) is -0.905. The fourth-order valence-corrected chi connectivity index (χ4v) is 2.48. The van der Waals surface area contributed by atoms with E-state index in [4.69, 9.17) is 0 Å². The van der Waals surface area contributed by atoms with Gasteiger partial charge in [0.1, 0.15) is 0 Å². The minimum atomic E-state index is -0.427. The van der Waals surface area contributed by atoms with Crippen LogP contribution < -0.4 is 4.90 Å². The van der Waals surface area contributed by atoms with Crippen molar-refractivity contribution in [3.63, 3.8) is 0 Å². The predicted octanol–water partition coefficient (Wildman–Crippen LogP) is 1.01. The molecule has 1 amide bonds. The third kappa shape index (κ3) is 2.46. The molecule has 1 unspecified atom stereocenters. The molecule has 102 valence electrons. The summed E-state index contributed by atoms with van der Waals surface area (Å²) in [7, 11) is 1.32. The van der Waals surface area contributed by atoms with Crippen molar-refractivity contribution < 1.29 is 19.4 Å². The molecule has 1 aromatic carbocycles. The van der Waals surface area contributed by atoms with E-state index < -0.39 is 5.92 Å². The second-order valence-corrected chi connectivity index (χ2v) is 4.67. The van der Waals surface area contributed by atoms with Crippen molar-refractivity contribution in [2.24, 2.45) is 5.92 Å². The van der Waals surface area contributed by atoms with Crippen LogP contribution in [0.1, 0.15) is 17.5 Å². The summed E-state index contributed by atoms with van der Waals surface area (Å²) in [5, 5.41) is 9.38. The van der Waals surface area contributed by atoms with E-state index in [1.165, 1.54) is 7.11 Å². The average molecular weight is 263 g/mol. The standard InChI is InChI=1S/C14H17NO4/c1-9-4-3-5-10(8-16)13(9)15-7-11(6-12(15)17)14(18)19-2/h3-5,11,16H,6-8H2,1-2H3. The zero-order valence-corrected chi connectivity index (χ0v) is 11.0. The molecular formula is C14H17NO4. The number of aryl methyl sites for hydroxylation is 1. The summed E-state index contributed by atoms with van der Waals surface area (Å²) >= 11 is 0. The number of carbonyl (C=O) groups excluding carboxylic acids is 2. The molecule has 1 aromatic rings. The minimum absolute atomic E-state index is 0.112. The molecule has 1 aliphatic rings. The number of para-hydroxylation sites is 1. The van der Waals surface area contributed by atoms with Gasteiger partial charge in [-0.25, -0.2) is 0 Å². The lowest BCUT2D eigenvalue weighted by atomic mass is 10.1. The topological polar surface area (TPSA) is 66.8 Å². The Labute approximate surface area is 111 Å². The highest BCUT2D eigenvalue weighted by atomic mass is 16.5. The third-order valence-corrected chi connectivity index (χ3v) is 3.42. The number of esters is 1. The molecule has 2 rings (SSSR count). The number of hydrogen-bond acceptors (Lipinski definition) is 4. The van der Waals surface area contributed by atoms with Gasteiger partial charge in [0.05, 0.1) is 25.3 Å². The van der Waals surface area contributed by atoms with Gasteiger partial charge in [-0.15, -0.1) is 0 Å². The normalized spacial score (nSPS) is 18.8. The molecular weight excluding hydrogens is 246 g/mol. The first-order chi connectivity index (χ1) is 9.08. The van der Waals surface area contributed by atoms with Crippen LogP contribution in [-0.2, 0) is 20.9 Å². The first-order valence-electron chi connectivity index (χ1n) is 6.16. The summed E-state index contributed by atoms with van der Waals surface area (Å²) < 4.78 is 4.69. The van der Waals surface area contributed by atoms with Gasteiger partial charge in [0.2, 0.25) is 5.91 Å². The van der Waals surface area contributed by atoms with E-state index in [1.54, 1.807) is 11.0 Å². The maximum absolute atomic E-state index is 12.1. The SMILES string of the molecule is COC(=O)C1CC(=O)N(c2c(C)cccc2CO)C1. The molecule has 1 N–H and O–H groups in total. The molecule has 1 heterocycles. The number of rotatable bonds is 3. The Morgan fingerprint density at radius 3 is 2.89 bits per heavy atom. The predicted molar refractivity (Wildman–Crippen MR) is 69.6 cm³/mol.